The van der Waals surface area contributed by atoms with Crippen LogP contribution in [0.4, 0.5) is 5.69 Å². The Morgan fingerprint density at radius 1 is 1.19 bits per heavy atom. The summed E-state index contributed by atoms with van der Waals surface area (Å²) >= 11 is 0. The standard InChI is InChI=1S/C14H24N2O4S/c1-10(2)6-7-16(3)21(17,18)14-8-11(15)12(19-4)9-13(14)20-5/h8-10H,6-7,15H2,1-5H3. The number of ether oxygens (including phenoxy) is 2. The van der Waals surface area contributed by atoms with Gasteiger partial charge in [-0.15, -0.1) is 0 Å². The number of sulfonamides is 1. The first-order chi connectivity index (χ1) is 9.73. The summed E-state index contributed by atoms with van der Waals surface area (Å²) in [6.45, 7) is 4.54. The van der Waals surface area contributed by atoms with Crippen LogP contribution in [0.2, 0.25) is 0 Å². The average molecular weight is 316 g/mol. The van der Waals surface area contributed by atoms with Crippen molar-refractivity contribution in [2.75, 3.05) is 33.5 Å². The Labute approximate surface area is 126 Å². The Hall–Kier alpha value is -1.47. The fraction of sp³-hybridized carbons (Fsp3) is 0.571. The predicted octanol–water partition coefficient (Wildman–Crippen LogP) is 1.95. The molecular weight excluding hydrogens is 292 g/mol. The maximum atomic E-state index is 12.6. The Morgan fingerprint density at radius 3 is 2.24 bits per heavy atom. The second kappa shape index (κ2) is 7.00. The molecule has 0 heterocycles. The first-order valence-corrected chi connectivity index (χ1v) is 8.15. The minimum absolute atomic E-state index is 0.0505. The Morgan fingerprint density at radius 2 is 1.76 bits per heavy atom. The number of nitrogens with zero attached hydrogens (tertiary/aromatic N) is 1. The molecule has 1 aromatic carbocycles. The number of nitrogen functional groups attached to an aromatic ring is 1. The fourth-order valence-corrected chi connectivity index (χ4v) is 3.18. The van der Waals surface area contributed by atoms with Gasteiger partial charge in [0.25, 0.3) is 0 Å². The number of rotatable bonds is 7. The Balaban J connectivity index is 3.21. The zero-order chi connectivity index (χ0) is 16.2. The summed E-state index contributed by atoms with van der Waals surface area (Å²) in [5.41, 5.74) is 6.07. The lowest BCUT2D eigenvalue weighted by Gasteiger charge is -2.20. The van der Waals surface area contributed by atoms with E-state index in [9.17, 15) is 8.42 Å². The van der Waals surface area contributed by atoms with Crippen LogP contribution in [-0.2, 0) is 10.0 Å². The van der Waals surface area contributed by atoms with Gasteiger partial charge >= 0.3 is 0 Å². The number of nitrogens with two attached hydrogens (primary N) is 1. The smallest absolute Gasteiger partial charge is 0.246 e. The molecule has 7 heteroatoms. The van der Waals surface area contributed by atoms with Gasteiger partial charge in [0.15, 0.2) is 0 Å². The minimum Gasteiger partial charge on any atom is -0.495 e. The summed E-state index contributed by atoms with van der Waals surface area (Å²) in [5, 5.41) is 0. The number of methoxy groups -OCH3 is 2. The van der Waals surface area contributed by atoms with E-state index in [1.54, 1.807) is 7.05 Å². The van der Waals surface area contributed by atoms with Crippen LogP contribution in [0.25, 0.3) is 0 Å². The molecule has 120 valence electrons. The van der Waals surface area contributed by atoms with Crippen LogP contribution in [0.1, 0.15) is 20.3 Å². The molecule has 0 aliphatic rings. The normalized spacial score (nSPS) is 12.0. The molecule has 0 bridgehead atoms. The first kappa shape index (κ1) is 17.6. The van der Waals surface area contributed by atoms with Crippen molar-refractivity contribution in [2.45, 2.75) is 25.2 Å². The molecule has 0 fully saturated rings. The van der Waals surface area contributed by atoms with Gasteiger partial charge in [-0.05, 0) is 18.4 Å². The maximum Gasteiger partial charge on any atom is 0.246 e. The Kier molecular flexibility index (Phi) is 5.86. The zero-order valence-electron chi connectivity index (χ0n) is 13.2. The van der Waals surface area contributed by atoms with Crippen molar-refractivity contribution in [1.82, 2.24) is 4.31 Å². The van der Waals surface area contributed by atoms with Gasteiger partial charge in [0, 0.05) is 19.7 Å². The molecule has 0 aliphatic heterocycles. The van der Waals surface area contributed by atoms with Crippen molar-refractivity contribution in [3.8, 4) is 11.5 Å². The van der Waals surface area contributed by atoms with Gasteiger partial charge in [-0.2, -0.15) is 0 Å². The molecule has 0 radical (unpaired) electrons. The average Bonchev–Trinajstić information content (AvgIpc) is 2.44. The molecule has 1 aromatic rings. The monoisotopic (exact) mass is 316 g/mol. The molecule has 0 aromatic heterocycles. The van der Waals surface area contributed by atoms with E-state index in [0.29, 0.717) is 18.2 Å². The van der Waals surface area contributed by atoms with Crippen LogP contribution in [0, 0.1) is 5.92 Å². The molecule has 0 saturated carbocycles. The summed E-state index contributed by atoms with van der Waals surface area (Å²) in [5.74, 6) is 1.03. The third kappa shape index (κ3) is 4.01. The van der Waals surface area contributed by atoms with Gasteiger partial charge in [0.1, 0.15) is 16.4 Å². The molecule has 0 atom stereocenters. The molecular formula is C14H24N2O4S. The van der Waals surface area contributed by atoms with Crippen LogP contribution < -0.4 is 15.2 Å². The highest BCUT2D eigenvalue weighted by molar-refractivity contribution is 7.89. The van der Waals surface area contributed by atoms with Crippen LogP contribution in [-0.4, -0.2) is 40.5 Å². The Bertz CT molecular complexity index is 585. The lowest BCUT2D eigenvalue weighted by molar-refractivity contribution is 0.382. The van der Waals surface area contributed by atoms with Crippen molar-refractivity contribution >= 4 is 15.7 Å². The van der Waals surface area contributed by atoms with Crippen LogP contribution >= 0.6 is 0 Å². The van der Waals surface area contributed by atoms with E-state index < -0.39 is 10.0 Å². The van der Waals surface area contributed by atoms with Crippen LogP contribution in [0.15, 0.2) is 17.0 Å². The topological polar surface area (TPSA) is 81.9 Å². The summed E-state index contributed by atoms with van der Waals surface area (Å²) in [4.78, 5) is 0.0505. The second-order valence-corrected chi connectivity index (χ2v) is 7.27. The summed E-state index contributed by atoms with van der Waals surface area (Å²) in [6, 6.07) is 2.86. The van der Waals surface area contributed by atoms with E-state index >= 15 is 0 Å². The van der Waals surface area contributed by atoms with E-state index in [1.165, 1.54) is 30.7 Å². The third-order valence-corrected chi connectivity index (χ3v) is 5.10. The van der Waals surface area contributed by atoms with Crippen molar-refractivity contribution in [3.05, 3.63) is 12.1 Å². The first-order valence-electron chi connectivity index (χ1n) is 6.71. The number of hydrogen-bond acceptors (Lipinski definition) is 5. The molecule has 0 saturated heterocycles. The summed E-state index contributed by atoms with van der Waals surface area (Å²) < 4.78 is 36.8. The zero-order valence-corrected chi connectivity index (χ0v) is 14.0. The van der Waals surface area contributed by atoms with Gasteiger partial charge < -0.3 is 15.2 Å². The number of benzene rings is 1. The van der Waals surface area contributed by atoms with E-state index in [1.807, 2.05) is 13.8 Å². The predicted molar refractivity (Wildman–Crippen MR) is 83.2 cm³/mol. The SMILES string of the molecule is COc1cc(OC)c(S(=O)(=O)N(C)CCC(C)C)cc1N. The minimum atomic E-state index is -3.65. The lowest BCUT2D eigenvalue weighted by Crippen LogP contribution is -2.29. The molecule has 0 amide bonds. The quantitative estimate of drug-likeness (QED) is 0.778. The van der Waals surface area contributed by atoms with Crippen molar-refractivity contribution in [1.29, 1.82) is 0 Å². The molecule has 2 N–H and O–H groups in total. The summed E-state index contributed by atoms with van der Waals surface area (Å²) in [7, 11) is 0.782. The molecule has 21 heavy (non-hydrogen) atoms. The van der Waals surface area contributed by atoms with Crippen LogP contribution in [0.3, 0.4) is 0 Å². The van der Waals surface area contributed by atoms with E-state index in [0.717, 1.165) is 6.42 Å². The fourth-order valence-electron chi connectivity index (χ4n) is 1.82. The van der Waals surface area contributed by atoms with Crippen molar-refractivity contribution in [2.24, 2.45) is 5.92 Å². The summed E-state index contributed by atoms with van der Waals surface area (Å²) in [6.07, 6.45) is 0.781. The van der Waals surface area contributed by atoms with Gasteiger partial charge in [0.2, 0.25) is 10.0 Å². The van der Waals surface area contributed by atoms with E-state index in [2.05, 4.69) is 0 Å². The third-order valence-electron chi connectivity index (χ3n) is 3.23. The van der Waals surface area contributed by atoms with E-state index in [-0.39, 0.29) is 16.3 Å². The highest BCUT2D eigenvalue weighted by atomic mass is 32.2. The molecule has 6 nitrogen and oxygen atoms in total. The van der Waals surface area contributed by atoms with E-state index in [4.69, 9.17) is 15.2 Å². The maximum absolute atomic E-state index is 12.6. The van der Waals surface area contributed by atoms with Gasteiger partial charge in [-0.1, -0.05) is 13.8 Å². The molecule has 1 rings (SSSR count). The van der Waals surface area contributed by atoms with Gasteiger partial charge in [-0.25, -0.2) is 12.7 Å². The number of hydrogen-bond donors (Lipinski definition) is 1. The van der Waals surface area contributed by atoms with Crippen LogP contribution in [0.5, 0.6) is 11.5 Å². The number of anilines is 1. The largest absolute Gasteiger partial charge is 0.495 e. The van der Waals surface area contributed by atoms with Gasteiger partial charge in [-0.3, -0.25) is 0 Å². The highest BCUT2D eigenvalue weighted by Gasteiger charge is 2.26. The van der Waals surface area contributed by atoms with Crippen molar-refractivity contribution < 1.29 is 17.9 Å². The highest BCUT2D eigenvalue weighted by Crippen LogP contribution is 2.35. The van der Waals surface area contributed by atoms with Crippen molar-refractivity contribution in [3.63, 3.8) is 0 Å². The molecule has 0 aliphatic carbocycles. The second-order valence-electron chi connectivity index (χ2n) is 5.25. The lowest BCUT2D eigenvalue weighted by atomic mass is 10.1. The van der Waals surface area contributed by atoms with Gasteiger partial charge in [0.05, 0.1) is 19.9 Å². The molecule has 0 unspecified atom stereocenters. The molecule has 0 spiro atoms.